The van der Waals surface area contributed by atoms with Crippen LogP contribution in [-0.4, -0.2) is 68.7 Å². The van der Waals surface area contributed by atoms with Crippen molar-refractivity contribution in [1.82, 2.24) is 4.90 Å². The molecule has 1 saturated heterocycles. The van der Waals surface area contributed by atoms with Gasteiger partial charge in [0.25, 0.3) is 0 Å². The molecule has 0 aromatic rings. The largest absolute Gasteiger partial charge is 0.394 e. The van der Waals surface area contributed by atoms with Gasteiger partial charge in [-0.1, -0.05) is 0 Å². The molecular formula is C10H17N3O5. The number of hydrogen-bond donors (Lipinski definition) is 5. The highest BCUT2D eigenvalue weighted by Crippen LogP contribution is 2.27. The molecule has 102 valence electrons. The second-order valence-electron chi connectivity index (χ2n) is 4.35. The Labute approximate surface area is 104 Å². The van der Waals surface area contributed by atoms with Gasteiger partial charge in [-0.3, -0.25) is 0 Å². The maximum Gasteiger partial charge on any atom is 0.229 e. The Morgan fingerprint density at radius 2 is 2.06 bits per heavy atom. The number of nitrogens with zero attached hydrogens (tertiary/aromatic N) is 2. The number of amidine groups is 1. The van der Waals surface area contributed by atoms with E-state index in [9.17, 15) is 15.3 Å². The Hall–Kier alpha value is -1.19. The molecule has 2 rings (SSSR count). The van der Waals surface area contributed by atoms with Crippen molar-refractivity contribution in [2.75, 3.05) is 6.61 Å². The number of aliphatic imine (C=N–C) groups is 1. The van der Waals surface area contributed by atoms with Crippen molar-refractivity contribution in [2.24, 2.45) is 10.7 Å². The minimum atomic E-state index is -1.29. The third-order valence-electron chi connectivity index (χ3n) is 3.08. The van der Waals surface area contributed by atoms with Crippen LogP contribution in [0, 0.1) is 0 Å². The first-order chi connectivity index (χ1) is 8.45. The standard InChI is InChI=1S/C10H17N3O5/c1-4-2-13(10(17)12-8(4)11)9-7(16)6(15)5(3-14)18-9/h2,5-7,9-10,14-17H,3H2,1H3,(H2,11,12). The Bertz CT molecular complexity index is 386. The highest BCUT2D eigenvalue weighted by molar-refractivity contribution is 5.96. The van der Waals surface area contributed by atoms with Gasteiger partial charge in [-0.15, -0.1) is 0 Å². The Balaban J connectivity index is 2.18. The predicted molar refractivity (Wildman–Crippen MR) is 61.0 cm³/mol. The van der Waals surface area contributed by atoms with Crippen LogP contribution in [0.4, 0.5) is 0 Å². The summed E-state index contributed by atoms with van der Waals surface area (Å²) in [4.78, 5) is 5.02. The summed E-state index contributed by atoms with van der Waals surface area (Å²) in [5, 5.41) is 38.2. The van der Waals surface area contributed by atoms with Gasteiger partial charge in [0.2, 0.25) is 6.35 Å². The molecule has 0 saturated carbocycles. The van der Waals surface area contributed by atoms with E-state index in [4.69, 9.17) is 15.6 Å². The minimum Gasteiger partial charge on any atom is -0.394 e. The van der Waals surface area contributed by atoms with Crippen molar-refractivity contribution in [2.45, 2.75) is 37.8 Å². The average molecular weight is 259 g/mol. The Morgan fingerprint density at radius 3 is 2.61 bits per heavy atom. The average Bonchev–Trinajstić information content (AvgIpc) is 2.61. The van der Waals surface area contributed by atoms with Crippen molar-refractivity contribution < 1.29 is 25.2 Å². The summed E-state index contributed by atoms with van der Waals surface area (Å²) in [5.41, 5.74) is 6.16. The Morgan fingerprint density at radius 1 is 1.39 bits per heavy atom. The van der Waals surface area contributed by atoms with Gasteiger partial charge in [0.15, 0.2) is 6.23 Å². The lowest BCUT2D eigenvalue weighted by atomic mass is 10.1. The van der Waals surface area contributed by atoms with Crippen LogP contribution >= 0.6 is 0 Å². The Kier molecular flexibility index (Phi) is 3.55. The van der Waals surface area contributed by atoms with E-state index < -0.39 is 37.5 Å². The van der Waals surface area contributed by atoms with Crippen molar-refractivity contribution >= 4 is 5.84 Å². The molecule has 0 bridgehead atoms. The molecule has 2 heterocycles. The molecule has 5 atom stereocenters. The summed E-state index contributed by atoms with van der Waals surface area (Å²) in [7, 11) is 0. The van der Waals surface area contributed by atoms with Gasteiger partial charge in [0.1, 0.15) is 24.1 Å². The van der Waals surface area contributed by atoms with Crippen molar-refractivity contribution in [3.8, 4) is 0 Å². The lowest BCUT2D eigenvalue weighted by Gasteiger charge is -2.34. The molecular weight excluding hydrogens is 242 g/mol. The van der Waals surface area contributed by atoms with Gasteiger partial charge >= 0.3 is 0 Å². The van der Waals surface area contributed by atoms with Gasteiger partial charge in [-0.25, -0.2) is 4.99 Å². The van der Waals surface area contributed by atoms with Crippen LogP contribution in [-0.2, 0) is 4.74 Å². The first-order valence-corrected chi connectivity index (χ1v) is 5.55. The fourth-order valence-corrected chi connectivity index (χ4v) is 1.98. The zero-order valence-electron chi connectivity index (χ0n) is 9.84. The zero-order chi connectivity index (χ0) is 13.4. The molecule has 5 unspecified atom stereocenters. The van der Waals surface area contributed by atoms with Crippen LogP contribution in [0.3, 0.4) is 0 Å². The maximum atomic E-state index is 9.83. The van der Waals surface area contributed by atoms with Crippen LogP contribution < -0.4 is 5.73 Å². The van der Waals surface area contributed by atoms with Gasteiger partial charge in [-0.2, -0.15) is 0 Å². The van der Waals surface area contributed by atoms with Gasteiger partial charge in [-0.05, 0) is 6.92 Å². The lowest BCUT2D eigenvalue weighted by Crippen LogP contribution is -2.48. The smallest absolute Gasteiger partial charge is 0.229 e. The first kappa shape index (κ1) is 13.2. The molecule has 0 aromatic carbocycles. The lowest BCUT2D eigenvalue weighted by molar-refractivity contribution is -0.130. The molecule has 0 amide bonds. The third kappa shape index (κ3) is 2.08. The number of rotatable bonds is 2. The van der Waals surface area contributed by atoms with Crippen LogP contribution in [0.2, 0.25) is 0 Å². The molecule has 18 heavy (non-hydrogen) atoms. The predicted octanol–water partition coefficient (Wildman–Crippen LogP) is -2.72. The second kappa shape index (κ2) is 4.82. The summed E-state index contributed by atoms with van der Waals surface area (Å²) in [6, 6.07) is 0. The van der Waals surface area contributed by atoms with Gasteiger partial charge in [0, 0.05) is 11.8 Å². The molecule has 0 spiro atoms. The highest BCUT2D eigenvalue weighted by Gasteiger charge is 2.46. The normalized spacial score (nSPS) is 40.7. The zero-order valence-corrected chi connectivity index (χ0v) is 9.84. The molecule has 2 aliphatic rings. The monoisotopic (exact) mass is 259 g/mol. The van der Waals surface area contributed by atoms with E-state index in [2.05, 4.69) is 4.99 Å². The van der Waals surface area contributed by atoms with Crippen LogP contribution in [0.1, 0.15) is 6.92 Å². The second-order valence-corrected chi connectivity index (χ2v) is 4.35. The summed E-state index contributed by atoms with van der Waals surface area (Å²) < 4.78 is 5.29. The summed E-state index contributed by atoms with van der Waals surface area (Å²) in [5.74, 6) is 0.200. The van der Waals surface area contributed by atoms with Gasteiger partial charge < -0.3 is 35.8 Å². The molecule has 8 heteroatoms. The molecule has 8 nitrogen and oxygen atoms in total. The van der Waals surface area contributed by atoms with Crippen molar-refractivity contribution in [1.29, 1.82) is 0 Å². The molecule has 0 radical (unpaired) electrons. The van der Waals surface area contributed by atoms with E-state index >= 15 is 0 Å². The minimum absolute atomic E-state index is 0.200. The SMILES string of the molecule is CC1=CN(C2OC(CO)C(O)C2O)C(O)N=C1N. The number of hydrogen-bond acceptors (Lipinski definition) is 8. The van der Waals surface area contributed by atoms with Crippen LogP contribution in [0.25, 0.3) is 0 Å². The maximum absolute atomic E-state index is 9.83. The van der Waals surface area contributed by atoms with Crippen LogP contribution in [0.15, 0.2) is 16.8 Å². The molecule has 6 N–H and O–H groups in total. The van der Waals surface area contributed by atoms with E-state index in [0.717, 1.165) is 0 Å². The topological polar surface area (TPSA) is 132 Å². The molecule has 1 fully saturated rings. The highest BCUT2D eigenvalue weighted by atomic mass is 16.6. The van der Waals surface area contributed by atoms with E-state index in [-0.39, 0.29) is 5.84 Å². The summed E-state index contributed by atoms with van der Waals surface area (Å²) >= 11 is 0. The van der Waals surface area contributed by atoms with Crippen molar-refractivity contribution in [3.05, 3.63) is 11.8 Å². The van der Waals surface area contributed by atoms with E-state index in [0.29, 0.717) is 5.57 Å². The number of nitrogens with two attached hydrogens (primary N) is 1. The van der Waals surface area contributed by atoms with Gasteiger partial charge in [0.05, 0.1) is 6.61 Å². The molecule has 2 aliphatic heterocycles. The fraction of sp³-hybridized carbons (Fsp3) is 0.700. The van der Waals surface area contributed by atoms with E-state index in [1.165, 1.54) is 11.1 Å². The fourth-order valence-electron chi connectivity index (χ4n) is 1.98. The number of aliphatic hydroxyl groups excluding tert-OH is 4. The van der Waals surface area contributed by atoms with Crippen LogP contribution in [0.5, 0.6) is 0 Å². The quantitative estimate of drug-likeness (QED) is 0.364. The van der Waals surface area contributed by atoms with Crippen molar-refractivity contribution in [3.63, 3.8) is 0 Å². The van der Waals surface area contributed by atoms with E-state index in [1.807, 2.05) is 0 Å². The molecule has 0 aromatic heterocycles. The van der Waals surface area contributed by atoms with E-state index in [1.54, 1.807) is 6.92 Å². The molecule has 0 aliphatic carbocycles. The number of ether oxygens (including phenoxy) is 1. The number of aliphatic hydroxyl groups is 4. The summed E-state index contributed by atoms with van der Waals surface area (Å²) in [6.45, 7) is 1.27. The summed E-state index contributed by atoms with van der Waals surface area (Å²) in [6.07, 6.45) is -4.15. The first-order valence-electron chi connectivity index (χ1n) is 5.55. The third-order valence-corrected chi connectivity index (χ3v) is 3.08.